The van der Waals surface area contributed by atoms with Crippen LogP contribution in [-0.4, -0.2) is 85.5 Å². The third kappa shape index (κ3) is 6.37. The van der Waals surface area contributed by atoms with Crippen LogP contribution in [-0.2, 0) is 27.1 Å². The van der Waals surface area contributed by atoms with Gasteiger partial charge in [0.15, 0.2) is 10.8 Å². The van der Waals surface area contributed by atoms with Crippen LogP contribution in [0.25, 0.3) is 0 Å². The number of halogens is 1. The number of likely N-dealkylation sites (N-methyl/N-ethyl adjacent to an activating group) is 1. The molecular weight excluding hydrogens is 577 g/mol. The first-order chi connectivity index (χ1) is 19.2. The van der Waals surface area contributed by atoms with Gasteiger partial charge in [-0.15, -0.1) is 0 Å². The lowest BCUT2D eigenvalue weighted by atomic mass is 9.99. The summed E-state index contributed by atoms with van der Waals surface area (Å²) in [7, 11) is -5.21. The minimum atomic E-state index is -4.23. The molecule has 0 aliphatic carbocycles. The molecule has 2 heterocycles. The molecule has 2 N–H and O–H groups in total. The van der Waals surface area contributed by atoms with Crippen LogP contribution >= 0.6 is 0 Å². The quantitative estimate of drug-likeness (QED) is 0.373. The van der Waals surface area contributed by atoms with Crippen LogP contribution < -0.4 is 9.46 Å². The first-order valence-corrected chi connectivity index (χ1v) is 15.6. The van der Waals surface area contributed by atoms with E-state index in [0.29, 0.717) is 0 Å². The molecule has 1 aromatic heterocycles. The first kappa shape index (κ1) is 30.4. The molecule has 0 unspecified atom stereocenters. The molecule has 0 spiro atoms. The number of hydrogen-bond donors (Lipinski definition) is 2. The number of anilines is 1. The topological polar surface area (TPSA) is 151 Å². The fourth-order valence-corrected chi connectivity index (χ4v) is 6.60. The minimum Gasteiger partial charge on any atom is -0.486 e. The molecule has 0 bridgehead atoms. The number of carbonyl (C=O) groups is 1. The summed E-state index contributed by atoms with van der Waals surface area (Å²) in [5.41, 5.74) is -0.0390. The number of aliphatic hydroxyl groups excluding tert-OH is 1. The Morgan fingerprint density at radius 2 is 1.88 bits per heavy atom. The van der Waals surface area contributed by atoms with Crippen molar-refractivity contribution in [1.82, 2.24) is 18.8 Å². The van der Waals surface area contributed by atoms with E-state index in [2.05, 4.69) is 9.71 Å². The van der Waals surface area contributed by atoms with Gasteiger partial charge in [-0.2, -0.15) is 4.31 Å². The summed E-state index contributed by atoms with van der Waals surface area (Å²) in [6.45, 7) is 3.08. The van der Waals surface area contributed by atoms with E-state index in [9.17, 15) is 31.1 Å². The summed E-state index contributed by atoms with van der Waals surface area (Å²) < 4.78 is 77.4. The van der Waals surface area contributed by atoms with Gasteiger partial charge in [0.05, 0.1) is 41.7 Å². The molecule has 41 heavy (non-hydrogen) atoms. The Balaban J connectivity index is 1.76. The number of fused-ring (bicyclic) bond motifs is 1. The van der Waals surface area contributed by atoms with E-state index >= 15 is 0 Å². The molecule has 3 atom stereocenters. The third-order valence-electron chi connectivity index (χ3n) is 6.85. The summed E-state index contributed by atoms with van der Waals surface area (Å²) in [6.07, 6.45) is 1.88. The largest absolute Gasteiger partial charge is 0.486 e. The van der Waals surface area contributed by atoms with Crippen molar-refractivity contribution in [3.63, 3.8) is 0 Å². The number of imidazole rings is 1. The number of aryl methyl sites for hydroxylation is 1. The second kappa shape index (κ2) is 11.8. The number of aliphatic hydroxyl groups is 1. The van der Waals surface area contributed by atoms with Crippen LogP contribution in [0.2, 0.25) is 0 Å². The van der Waals surface area contributed by atoms with Gasteiger partial charge in [0.2, 0.25) is 0 Å². The summed E-state index contributed by atoms with van der Waals surface area (Å²) >= 11 is 0. The van der Waals surface area contributed by atoms with Gasteiger partial charge in [-0.05, 0) is 43.3 Å². The van der Waals surface area contributed by atoms with Crippen LogP contribution in [0.1, 0.15) is 24.2 Å². The Bertz CT molecular complexity index is 1630. The van der Waals surface area contributed by atoms with Gasteiger partial charge in [-0.25, -0.2) is 26.2 Å². The highest BCUT2D eigenvalue weighted by Crippen LogP contribution is 2.36. The predicted octanol–water partition coefficient (Wildman–Crippen LogP) is 1.90. The molecule has 0 saturated heterocycles. The normalized spacial score (nSPS) is 18.8. The van der Waals surface area contributed by atoms with Gasteiger partial charge in [0.25, 0.3) is 26.0 Å². The van der Waals surface area contributed by atoms with E-state index < -0.39 is 49.8 Å². The number of hydrogen-bond acceptors (Lipinski definition) is 8. The zero-order valence-corrected chi connectivity index (χ0v) is 24.6. The van der Waals surface area contributed by atoms with Gasteiger partial charge in [0.1, 0.15) is 11.9 Å². The average molecular weight is 610 g/mol. The minimum absolute atomic E-state index is 0.0248. The zero-order valence-electron chi connectivity index (χ0n) is 22.9. The number of rotatable bonds is 9. The maximum atomic E-state index is 13.6. The summed E-state index contributed by atoms with van der Waals surface area (Å²) in [5.74, 6) is -1.66. The molecule has 0 saturated carbocycles. The number of aromatic nitrogens is 2. The molecule has 0 fully saturated rings. The van der Waals surface area contributed by atoms with E-state index in [4.69, 9.17) is 4.74 Å². The molecule has 1 aliphatic rings. The number of ether oxygens (including phenoxy) is 1. The van der Waals surface area contributed by atoms with Crippen molar-refractivity contribution < 1.29 is 35.9 Å². The number of sulfonamides is 2. The number of carbonyl (C=O) groups excluding carboxylic acids is 1. The maximum Gasteiger partial charge on any atom is 0.262 e. The van der Waals surface area contributed by atoms with Crippen molar-refractivity contribution >= 4 is 31.6 Å². The third-order valence-corrected chi connectivity index (χ3v) is 9.94. The standard InChI is InChI=1S/C26H32FN5O7S2/c1-17-12-32(18(2)15-33)26(34)21-6-5-7-22(29-40(35,36)20-10-8-19(27)9-11-20)25(21)39-23(17)13-31(4)41(37,38)24-14-30(3)16-28-24/h5-11,14,16-18,23,29,33H,12-13,15H2,1-4H3/t17-,18+,23+/m0/s1. The highest BCUT2D eigenvalue weighted by atomic mass is 32.2. The molecule has 15 heteroatoms. The van der Waals surface area contributed by atoms with Crippen LogP contribution in [0.3, 0.4) is 0 Å². The van der Waals surface area contributed by atoms with Crippen molar-refractivity contribution in [3.8, 4) is 5.75 Å². The highest BCUT2D eigenvalue weighted by Gasteiger charge is 2.37. The van der Waals surface area contributed by atoms with Crippen LogP contribution in [0.4, 0.5) is 10.1 Å². The van der Waals surface area contributed by atoms with Crippen molar-refractivity contribution in [1.29, 1.82) is 0 Å². The van der Waals surface area contributed by atoms with Crippen LogP contribution in [0.5, 0.6) is 5.75 Å². The lowest BCUT2D eigenvalue weighted by molar-refractivity contribution is 0.0389. The summed E-state index contributed by atoms with van der Waals surface area (Å²) in [5, 5.41) is 9.71. The Hall–Kier alpha value is -3.53. The van der Waals surface area contributed by atoms with Gasteiger partial charge < -0.3 is 19.3 Å². The Morgan fingerprint density at radius 3 is 2.49 bits per heavy atom. The highest BCUT2D eigenvalue weighted by molar-refractivity contribution is 7.92. The number of nitrogens with one attached hydrogen (secondary N) is 1. The van der Waals surface area contributed by atoms with Crippen LogP contribution in [0, 0.1) is 11.7 Å². The van der Waals surface area contributed by atoms with Crippen LogP contribution in [0.15, 0.2) is 64.9 Å². The van der Waals surface area contributed by atoms with Crippen molar-refractivity contribution in [2.75, 3.05) is 31.5 Å². The zero-order chi connectivity index (χ0) is 30.1. The average Bonchev–Trinajstić information content (AvgIpc) is 3.37. The summed E-state index contributed by atoms with van der Waals surface area (Å²) in [6, 6.07) is 7.97. The van der Waals surface area contributed by atoms with E-state index in [0.717, 1.165) is 28.6 Å². The first-order valence-electron chi connectivity index (χ1n) is 12.7. The smallest absolute Gasteiger partial charge is 0.262 e. The Morgan fingerprint density at radius 1 is 1.20 bits per heavy atom. The monoisotopic (exact) mass is 609 g/mol. The molecule has 0 radical (unpaired) electrons. The number of para-hydroxylation sites is 1. The lowest BCUT2D eigenvalue weighted by Crippen LogP contribution is -2.50. The van der Waals surface area contributed by atoms with Gasteiger partial charge >= 0.3 is 0 Å². The predicted molar refractivity (Wildman–Crippen MR) is 148 cm³/mol. The van der Waals surface area contributed by atoms with Gasteiger partial charge in [0, 0.05) is 32.8 Å². The molecule has 1 amide bonds. The summed E-state index contributed by atoms with van der Waals surface area (Å²) in [4.78, 5) is 18.8. The number of amides is 1. The van der Waals surface area contributed by atoms with Crippen molar-refractivity contribution in [2.45, 2.75) is 35.9 Å². The fourth-order valence-electron chi connectivity index (χ4n) is 4.39. The lowest BCUT2D eigenvalue weighted by Gasteiger charge is -2.38. The second-order valence-electron chi connectivity index (χ2n) is 10.0. The van der Waals surface area contributed by atoms with E-state index in [1.807, 2.05) is 0 Å². The molecule has 222 valence electrons. The Kier molecular flexibility index (Phi) is 8.73. The number of nitrogens with zero attached hydrogens (tertiary/aromatic N) is 4. The maximum absolute atomic E-state index is 13.6. The molecule has 4 rings (SSSR count). The fraction of sp³-hybridized carbons (Fsp3) is 0.385. The molecule has 1 aliphatic heterocycles. The van der Waals surface area contributed by atoms with E-state index in [1.165, 1.54) is 47.2 Å². The number of benzene rings is 2. The molecule has 12 nitrogen and oxygen atoms in total. The second-order valence-corrected chi connectivity index (χ2v) is 13.7. The van der Waals surface area contributed by atoms with Gasteiger partial charge in [-0.3, -0.25) is 9.52 Å². The molecule has 2 aromatic carbocycles. The molecular formula is C26H32FN5O7S2. The van der Waals surface area contributed by atoms with Gasteiger partial charge in [-0.1, -0.05) is 13.0 Å². The van der Waals surface area contributed by atoms with E-state index in [-0.39, 0.29) is 46.6 Å². The SMILES string of the molecule is C[C@H](CO)N1C[C@H](C)[C@@H](CN(C)S(=O)(=O)c2cn(C)cn2)Oc2c(NS(=O)(=O)c3ccc(F)cc3)cccc2C1=O. The van der Waals surface area contributed by atoms with Crippen molar-refractivity contribution in [2.24, 2.45) is 13.0 Å². The Labute approximate surface area is 238 Å². The van der Waals surface area contributed by atoms with Crippen molar-refractivity contribution in [3.05, 3.63) is 66.4 Å². The molecule has 3 aromatic rings. The van der Waals surface area contributed by atoms with E-state index in [1.54, 1.807) is 20.9 Å².